The second-order valence-electron chi connectivity index (χ2n) is 16.4. The number of benzene rings is 10. The summed E-state index contributed by atoms with van der Waals surface area (Å²) in [7, 11) is 0. The molecule has 3 nitrogen and oxygen atoms in total. The van der Waals surface area contributed by atoms with E-state index in [0.717, 1.165) is 72.3 Å². The van der Waals surface area contributed by atoms with Gasteiger partial charge in [-0.05, 0) is 79.2 Å². The summed E-state index contributed by atoms with van der Waals surface area (Å²) in [4.78, 5) is 15.5. The van der Waals surface area contributed by atoms with Gasteiger partial charge >= 0.3 is 0 Å². The highest BCUT2D eigenvalue weighted by atomic mass is 14.9. The van der Waals surface area contributed by atoms with Gasteiger partial charge in [0.1, 0.15) is 0 Å². The summed E-state index contributed by atoms with van der Waals surface area (Å²) in [6.07, 6.45) is 0. The van der Waals surface area contributed by atoms with E-state index >= 15 is 0 Å². The Hall–Kier alpha value is -8.53. The van der Waals surface area contributed by atoms with Gasteiger partial charge in [-0.3, -0.25) is 0 Å². The third kappa shape index (κ3) is 6.77. The number of para-hydroxylation sites is 1. The second kappa shape index (κ2) is 15.7. The number of hydrogen-bond donors (Lipinski definition) is 0. The van der Waals surface area contributed by atoms with Crippen LogP contribution in [0.4, 0.5) is 0 Å². The summed E-state index contributed by atoms with van der Waals surface area (Å²) in [6.45, 7) is 0. The van der Waals surface area contributed by atoms with Crippen LogP contribution in [0.25, 0.3) is 122 Å². The lowest BCUT2D eigenvalue weighted by Gasteiger charge is -2.16. The molecule has 0 aliphatic heterocycles. The maximum Gasteiger partial charge on any atom is 0.160 e. The molecule has 0 spiro atoms. The Morgan fingerprint density at radius 1 is 0.250 bits per heavy atom. The van der Waals surface area contributed by atoms with Crippen molar-refractivity contribution in [1.29, 1.82) is 0 Å². The van der Waals surface area contributed by atoms with Crippen LogP contribution in [0.3, 0.4) is 0 Å². The number of fused-ring (bicyclic) bond motifs is 6. The Labute approximate surface area is 371 Å². The molecule has 2 aromatic heterocycles. The quantitative estimate of drug-likeness (QED) is 0.150. The Morgan fingerprint density at radius 2 is 0.719 bits per heavy atom. The van der Waals surface area contributed by atoms with Crippen LogP contribution in [0.2, 0.25) is 0 Å². The highest BCUT2D eigenvalue weighted by molar-refractivity contribution is 6.25. The normalized spacial score (nSPS) is 11.4. The molecule has 0 unspecified atom stereocenters. The molecular formula is C61H39N3. The summed E-state index contributed by atoms with van der Waals surface area (Å²) in [5.74, 6) is 0.703. The van der Waals surface area contributed by atoms with Gasteiger partial charge in [-0.15, -0.1) is 0 Å². The van der Waals surface area contributed by atoms with Gasteiger partial charge in [0, 0.05) is 38.4 Å². The molecular weight excluding hydrogens is 775 g/mol. The van der Waals surface area contributed by atoms with Crippen LogP contribution in [0, 0.1) is 0 Å². The molecule has 2 heterocycles. The number of pyridine rings is 1. The minimum atomic E-state index is 0.703. The van der Waals surface area contributed by atoms with Crippen LogP contribution >= 0.6 is 0 Å². The molecule has 0 bridgehead atoms. The van der Waals surface area contributed by atoms with E-state index < -0.39 is 0 Å². The molecule has 0 saturated carbocycles. The molecule has 0 saturated heterocycles. The van der Waals surface area contributed by atoms with Gasteiger partial charge in [-0.1, -0.05) is 212 Å². The molecule has 10 aromatic carbocycles. The van der Waals surface area contributed by atoms with Gasteiger partial charge in [0.05, 0.1) is 22.6 Å². The predicted molar refractivity (Wildman–Crippen MR) is 268 cm³/mol. The fourth-order valence-electron chi connectivity index (χ4n) is 9.21. The van der Waals surface area contributed by atoms with Crippen molar-refractivity contribution < 1.29 is 0 Å². The average Bonchev–Trinajstić information content (AvgIpc) is 3.38. The Kier molecular flexibility index (Phi) is 9.16. The van der Waals surface area contributed by atoms with Crippen molar-refractivity contribution >= 4 is 43.2 Å². The zero-order valence-electron chi connectivity index (χ0n) is 34.9. The topological polar surface area (TPSA) is 38.7 Å². The maximum atomic E-state index is 5.35. The van der Waals surface area contributed by atoms with Crippen LogP contribution in [0.1, 0.15) is 0 Å². The minimum absolute atomic E-state index is 0.703. The number of rotatable bonds is 7. The summed E-state index contributed by atoms with van der Waals surface area (Å²) in [6, 6.07) is 84.1. The lowest BCUT2D eigenvalue weighted by molar-refractivity contribution is 1.18. The molecule has 0 fully saturated rings. The van der Waals surface area contributed by atoms with E-state index in [4.69, 9.17) is 15.0 Å². The lowest BCUT2D eigenvalue weighted by Crippen LogP contribution is -1.96. The fraction of sp³-hybridized carbons (Fsp3) is 0. The van der Waals surface area contributed by atoms with Gasteiger partial charge in [-0.2, -0.15) is 0 Å². The number of hydrogen-bond acceptors (Lipinski definition) is 3. The molecule has 298 valence electrons. The summed E-state index contributed by atoms with van der Waals surface area (Å²) >= 11 is 0. The standard InChI is InChI=1S/C61H39N3/c1-3-13-40(14-4-1)42-25-32-46(33-26-42)57-39-58(64-61(63-57)48-16-5-2-6-17-48)47-34-27-44(28-35-47)43-23-30-45(31-24-43)54-38-55-59(52-20-10-9-19-51(52)54)53-21-11-12-22-56(53)62-60(55)50-36-29-41-15-7-8-18-49(41)37-50/h1-39H. The molecule has 12 aromatic rings. The van der Waals surface area contributed by atoms with E-state index in [1.807, 2.05) is 24.3 Å². The van der Waals surface area contributed by atoms with E-state index in [1.165, 1.54) is 43.6 Å². The predicted octanol–water partition coefficient (Wildman–Crippen LogP) is 16.2. The Morgan fingerprint density at radius 3 is 1.36 bits per heavy atom. The lowest BCUT2D eigenvalue weighted by atomic mass is 9.89. The monoisotopic (exact) mass is 813 g/mol. The summed E-state index contributed by atoms with van der Waals surface area (Å²) < 4.78 is 0. The van der Waals surface area contributed by atoms with Crippen LogP contribution in [0.15, 0.2) is 237 Å². The third-order valence-corrected chi connectivity index (χ3v) is 12.5. The zero-order chi connectivity index (χ0) is 42.4. The highest BCUT2D eigenvalue weighted by Crippen LogP contribution is 2.42. The average molecular weight is 814 g/mol. The Bertz CT molecular complexity index is 3670. The summed E-state index contributed by atoms with van der Waals surface area (Å²) in [5.41, 5.74) is 14.9. The molecule has 12 rings (SSSR count). The first-order valence-corrected chi connectivity index (χ1v) is 21.8. The van der Waals surface area contributed by atoms with Crippen molar-refractivity contribution in [1.82, 2.24) is 15.0 Å². The van der Waals surface area contributed by atoms with Crippen molar-refractivity contribution in [3.63, 3.8) is 0 Å². The molecule has 0 radical (unpaired) electrons. The minimum Gasteiger partial charge on any atom is -0.247 e. The van der Waals surface area contributed by atoms with Crippen LogP contribution < -0.4 is 0 Å². The van der Waals surface area contributed by atoms with Crippen molar-refractivity contribution in [2.75, 3.05) is 0 Å². The van der Waals surface area contributed by atoms with Crippen molar-refractivity contribution in [3.05, 3.63) is 237 Å². The van der Waals surface area contributed by atoms with E-state index in [0.29, 0.717) is 5.82 Å². The molecule has 0 N–H and O–H groups in total. The molecule has 0 amide bonds. The molecule has 0 aliphatic rings. The van der Waals surface area contributed by atoms with Crippen molar-refractivity contribution in [2.45, 2.75) is 0 Å². The molecule has 0 atom stereocenters. The highest BCUT2D eigenvalue weighted by Gasteiger charge is 2.18. The van der Waals surface area contributed by atoms with E-state index in [-0.39, 0.29) is 0 Å². The SMILES string of the molecule is c1ccc(-c2ccc(-c3cc(-c4ccc(-c5ccc(-c6cc7c(-c8ccc9ccccc9c8)nc8ccccc8c7c7ccccc67)cc5)cc4)nc(-c4ccccc4)n3)cc2)cc1. The van der Waals surface area contributed by atoms with Crippen molar-refractivity contribution in [3.8, 4) is 78.5 Å². The van der Waals surface area contributed by atoms with Crippen LogP contribution in [-0.2, 0) is 0 Å². The first kappa shape index (κ1) is 37.2. The summed E-state index contributed by atoms with van der Waals surface area (Å²) in [5, 5.41) is 8.42. The Balaban J connectivity index is 0.912. The smallest absolute Gasteiger partial charge is 0.160 e. The van der Waals surface area contributed by atoms with Crippen molar-refractivity contribution in [2.24, 2.45) is 0 Å². The van der Waals surface area contributed by atoms with Gasteiger partial charge in [0.15, 0.2) is 5.82 Å². The third-order valence-electron chi connectivity index (χ3n) is 12.5. The van der Waals surface area contributed by atoms with Gasteiger partial charge in [0.2, 0.25) is 0 Å². The maximum absolute atomic E-state index is 5.35. The van der Waals surface area contributed by atoms with E-state index in [9.17, 15) is 0 Å². The van der Waals surface area contributed by atoms with Gasteiger partial charge < -0.3 is 0 Å². The molecule has 3 heteroatoms. The second-order valence-corrected chi connectivity index (χ2v) is 16.4. The number of aromatic nitrogens is 3. The fourth-order valence-corrected chi connectivity index (χ4v) is 9.21. The zero-order valence-corrected chi connectivity index (χ0v) is 34.9. The first-order chi connectivity index (χ1) is 31.7. The van der Waals surface area contributed by atoms with Gasteiger partial charge in [-0.25, -0.2) is 15.0 Å². The first-order valence-electron chi connectivity index (χ1n) is 21.8. The van der Waals surface area contributed by atoms with Crippen LogP contribution in [0.5, 0.6) is 0 Å². The van der Waals surface area contributed by atoms with E-state index in [1.54, 1.807) is 0 Å². The molecule has 0 aliphatic carbocycles. The van der Waals surface area contributed by atoms with E-state index in [2.05, 4.69) is 212 Å². The van der Waals surface area contributed by atoms with Gasteiger partial charge in [0.25, 0.3) is 0 Å². The number of nitrogens with zero attached hydrogens (tertiary/aromatic N) is 3. The molecule has 64 heavy (non-hydrogen) atoms. The largest absolute Gasteiger partial charge is 0.247 e. The van der Waals surface area contributed by atoms with Crippen LogP contribution in [-0.4, -0.2) is 15.0 Å².